The molecule has 0 saturated carbocycles. The lowest BCUT2D eigenvalue weighted by Gasteiger charge is -2.10. The van der Waals surface area contributed by atoms with Crippen LogP contribution in [-0.4, -0.2) is 29.6 Å². The number of halogens is 2. The maximum absolute atomic E-state index is 11.7. The molecule has 0 aliphatic rings. The van der Waals surface area contributed by atoms with Gasteiger partial charge in [-0.25, -0.2) is 0 Å². The van der Waals surface area contributed by atoms with Crippen molar-refractivity contribution in [1.29, 1.82) is 0 Å². The second kappa shape index (κ2) is 5.90. The number of aliphatic hydroxyl groups excluding tert-OH is 1. The number of aliphatic hydroxyl groups is 1. The largest absolute Gasteiger partial charge is 0.399 e. The molecule has 18 heavy (non-hydrogen) atoms. The first kappa shape index (κ1) is 14.6. The summed E-state index contributed by atoms with van der Waals surface area (Å²) in [5.74, 6) is -1.55. The van der Waals surface area contributed by atoms with Gasteiger partial charge in [0, 0.05) is 5.69 Å². The lowest BCUT2D eigenvalue weighted by molar-refractivity contribution is -0.125. The van der Waals surface area contributed by atoms with E-state index >= 15 is 0 Å². The van der Waals surface area contributed by atoms with E-state index < -0.39 is 17.9 Å². The van der Waals surface area contributed by atoms with E-state index in [9.17, 15) is 9.59 Å². The molecule has 1 aromatic carbocycles. The molecule has 1 atom stereocenters. The van der Waals surface area contributed by atoms with Crippen molar-refractivity contribution in [3.8, 4) is 0 Å². The third-order valence-electron chi connectivity index (χ3n) is 2.08. The number of anilines is 1. The minimum atomic E-state index is -1.47. The summed E-state index contributed by atoms with van der Waals surface area (Å²) in [7, 11) is 0. The highest BCUT2D eigenvalue weighted by molar-refractivity contribution is 6.44. The van der Waals surface area contributed by atoms with Gasteiger partial charge in [-0.05, 0) is 12.1 Å². The number of hydrogen-bond donors (Lipinski definition) is 4. The molecule has 0 heterocycles. The zero-order valence-electron chi connectivity index (χ0n) is 9.11. The second-order valence-corrected chi connectivity index (χ2v) is 4.28. The Morgan fingerprint density at radius 1 is 1.39 bits per heavy atom. The van der Waals surface area contributed by atoms with Gasteiger partial charge in [-0.15, -0.1) is 0 Å². The van der Waals surface area contributed by atoms with Gasteiger partial charge < -0.3 is 21.9 Å². The van der Waals surface area contributed by atoms with Gasteiger partial charge in [-0.2, -0.15) is 0 Å². The molecule has 1 unspecified atom stereocenters. The van der Waals surface area contributed by atoms with E-state index in [1.165, 1.54) is 12.1 Å². The molecule has 0 bridgehead atoms. The van der Waals surface area contributed by atoms with Crippen molar-refractivity contribution in [1.82, 2.24) is 5.32 Å². The van der Waals surface area contributed by atoms with Crippen LogP contribution < -0.4 is 16.8 Å². The Bertz CT molecular complexity index is 494. The Labute approximate surface area is 113 Å². The molecule has 0 radical (unpaired) electrons. The zero-order chi connectivity index (χ0) is 13.9. The third kappa shape index (κ3) is 3.49. The van der Waals surface area contributed by atoms with E-state index in [0.717, 1.165) is 0 Å². The zero-order valence-corrected chi connectivity index (χ0v) is 10.6. The van der Waals surface area contributed by atoms with Crippen LogP contribution in [0.3, 0.4) is 0 Å². The minimum absolute atomic E-state index is 0.0388. The lowest BCUT2D eigenvalue weighted by Crippen LogP contribution is -2.40. The fraction of sp³-hybridized carbons (Fsp3) is 0.200. The van der Waals surface area contributed by atoms with Gasteiger partial charge in [0.1, 0.15) is 6.10 Å². The van der Waals surface area contributed by atoms with E-state index in [0.29, 0.717) is 0 Å². The third-order valence-corrected chi connectivity index (χ3v) is 2.88. The number of hydrogen-bond acceptors (Lipinski definition) is 4. The predicted molar refractivity (Wildman–Crippen MR) is 68.4 cm³/mol. The molecule has 6 nitrogen and oxygen atoms in total. The predicted octanol–water partition coefficient (Wildman–Crippen LogP) is 0.152. The topological polar surface area (TPSA) is 118 Å². The monoisotopic (exact) mass is 291 g/mol. The number of nitrogens with one attached hydrogen (secondary N) is 1. The quantitative estimate of drug-likeness (QED) is 0.591. The first-order valence-electron chi connectivity index (χ1n) is 4.83. The summed E-state index contributed by atoms with van der Waals surface area (Å²) < 4.78 is 0. The fourth-order valence-electron chi connectivity index (χ4n) is 1.16. The highest BCUT2D eigenvalue weighted by Crippen LogP contribution is 2.28. The van der Waals surface area contributed by atoms with Crippen molar-refractivity contribution in [3.63, 3.8) is 0 Å². The van der Waals surface area contributed by atoms with Crippen LogP contribution in [0.25, 0.3) is 0 Å². The van der Waals surface area contributed by atoms with Crippen molar-refractivity contribution in [2.75, 3.05) is 12.3 Å². The SMILES string of the molecule is NC(=O)C(O)CNC(=O)c1cc(N)cc(Cl)c1Cl. The van der Waals surface area contributed by atoms with Crippen molar-refractivity contribution in [3.05, 3.63) is 27.7 Å². The van der Waals surface area contributed by atoms with Crippen molar-refractivity contribution < 1.29 is 14.7 Å². The molecule has 98 valence electrons. The molecule has 0 aliphatic heterocycles. The number of nitrogens with two attached hydrogens (primary N) is 2. The van der Waals surface area contributed by atoms with Crippen LogP contribution in [0.4, 0.5) is 5.69 Å². The summed E-state index contributed by atoms with van der Waals surface area (Å²) in [6.45, 7) is -0.323. The first-order valence-corrected chi connectivity index (χ1v) is 5.58. The summed E-state index contributed by atoms with van der Waals surface area (Å²) in [6, 6.07) is 2.74. The molecular formula is C10H11Cl2N3O3. The molecule has 6 N–H and O–H groups in total. The Morgan fingerprint density at radius 3 is 2.56 bits per heavy atom. The van der Waals surface area contributed by atoms with E-state index in [4.69, 9.17) is 39.8 Å². The Hall–Kier alpha value is -1.50. The van der Waals surface area contributed by atoms with E-state index in [-0.39, 0.29) is 27.8 Å². The molecular weight excluding hydrogens is 281 g/mol. The van der Waals surface area contributed by atoms with Crippen LogP contribution >= 0.6 is 23.2 Å². The van der Waals surface area contributed by atoms with Gasteiger partial charge in [0.2, 0.25) is 5.91 Å². The van der Waals surface area contributed by atoms with Crippen molar-refractivity contribution >= 4 is 40.7 Å². The standard InChI is InChI=1S/C10H11Cl2N3O3/c11-6-2-4(13)1-5(8(6)12)10(18)15-3-7(16)9(14)17/h1-2,7,16H,3,13H2,(H2,14,17)(H,15,18). The second-order valence-electron chi connectivity index (χ2n) is 3.49. The molecule has 0 aromatic heterocycles. The highest BCUT2D eigenvalue weighted by Gasteiger charge is 2.17. The summed E-state index contributed by atoms with van der Waals surface area (Å²) in [6.07, 6.45) is -1.47. The average molecular weight is 292 g/mol. The number of rotatable bonds is 4. The lowest BCUT2D eigenvalue weighted by atomic mass is 10.2. The Morgan fingerprint density at radius 2 is 2.00 bits per heavy atom. The maximum Gasteiger partial charge on any atom is 0.253 e. The Kier molecular flexibility index (Phi) is 4.77. The number of carbonyl (C=O) groups is 2. The van der Waals surface area contributed by atoms with E-state index in [1.54, 1.807) is 0 Å². The molecule has 2 amide bonds. The normalized spacial score (nSPS) is 11.9. The maximum atomic E-state index is 11.7. The van der Waals surface area contributed by atoms with Crippen LogP contribution in [0.5, 0.6) is 0 Å². The summed E-state index contributed by atoms with van der Waals surface area (Å²) in [5, 5.41) is 11.6. The van der Waals surface area contributed by atoms with Crippen LogP contribution in [0.15, 0.2) is 12.1 Å². The van der Waals surface area contributed by atoms with Crippen LogP contribution in [0.2, 0.25) is 10.0 Å². The minimum Gasteiger partial charge on any atom is -0.399 e. The van der Waals surface area contributed by atoms with Crippen molar-refractivity contribution in [2.24, 2.45) is 5.73 Å². The number of primary amides is 1. The van der Waals surface area contributed by atoms with Gasteiger partial charge in [-0.1, -0.05) is 23.2 Å². The summed E-state index contributed by atoms with van der Waals surface area (Å²) >= 11 is 11.6. The van der Waals surface area contributed by atoms with Gasteiger partial charge >= 0.3 is 0 Å². The summed E-state index contributed by atoms with van der Waals surface area (Å²) in [5.41, 5.74) is 10.7. The molecule has 8 heteroatoms. The Balaban J connectivity index is 2.82. The number of benzene rings is 1. The molecule has 1 aromatic rings. The highest BCUT2D eigenvalue weighted by atomic mass is 35.5. The van der Waals surface area contributed by atoms with E-state index in [1.807, 2.05) is 0 Å². The first-order chi connectivity index (χ1) is 8.32. The van der Waals surface area contributed by atoms with Gasteiger partial charge in [0.25, 0.3) is 5.91 Å². The van der Waals surface area contributed by atoms with Gasteiger partial charge in [0.05, 0.1) is 22.2 Å². The average Bonchev–Trinajstić information content (AvgIpc) is 2.29. The van der Waals surface area contributed by atoms with Gasteiger partial charge in [-0.3, -0.25) is 9.59 Å². The number of amides is 2. The van der Waals surface area contributed by atoms with Crippen LogP contribution in [0.1, 0.15) is 10.4 Å². The van der Waals surface area contributed by atoms with Gasteiger partial charge in [0.15, 0.2) is 0 Å². The molecule has 0 aliphatic carbocycles. The smallest absolute Gasteiger partial charge is 0.253 e. The van der Waals surface area contributed by atoms with Crippen LogP contribution in [0, 0.1) is 0 Å². The molecule has 0 saturated heterocycles. The number of nitrogen functional groups attached to an aromatic ring is 1. The number of carbonyl (C=O) groups excluding carboxylic acids is 2. The molecule has 0 fully saturated rings. The van der Waals surface area contributed by atoms with Crippen LogP contribution in [-0.2, 0) is 4.79 Å². The fourth-order valence-corrected chi connectivity index (χ4v) is 1.58. The van der Waals surface area contributed by atoms with Crippen molar-refractivity contribution in [2.45, 2.75) is 6.10 Å². The molecule has 0 spiro atoms. The van der Waals surface area contributed by atoms with E-state index in [2.05, 4.69) is 5.32 Å². The molecule has 1 rings (SSSR count). The summed E-state index contributed by atoms with van der Waals surface area (Å²) in [4.78, 5) is 22.3.